The van der Waals surface area contributed by atoms with Crippen LogP contribution in [0, 0.1) is 5.92 Å². The normalized spacial score (nSPS) is 19.2. The lowest BCUT2D eigenvalue weighted by molar-refractivity contribution is 0.298. The first-order chi connectivity index (χ1) is 8.36. The van der Waals surface area contributed by atoms with Crippen LogP contribution in [0.5, 0.6) is 0 Å². The molecule has 0 bridgehead atoms. The average Bonchev–Trinajstić information content (AvgIpc) is 2.41. The van der Waals surface area contributed by atoms with E-state index >= 15 is 0 Å². The minimum absolute atomic E-state index is 0.812. The topological polar surface area (TPSA) is 0 Å². The van der Waals surface area contributed by atoms with Crippen molar-refractivity contribution in [3.05, 3.63) is 35.4 Å². The summed E-state index contributed by atoms with van der Waals surface area (Å²) in [6, 6.07) is 9.11. The number of hydrogen-bond acceptors (Lipinski definition) is 0. The van der Waals surface area contributed by atoms with Crippen molar-refractivity contribution in [1.29, 1.82) is 0 Å². The van der Waals surface area contributed by atoms with Gasteiger partial charge in [-0.05, 0) is 48.6 Å². The van der Waals surface area contributed by atoms with Crippen LogP contribution in [0.15, 0.2) is 24.3 Å². The van der Waals surface area contributed by atoms with E-state index < -0.39 is 0 Å². The molecule has 1 aliphatic carbocycles. The van der Waals surface area contributed by atoms with E-state index in [9.17, 15) is 0 Å². The predicted octanol–water partition coefficient (Wildman–Crippen LogP) is 5.32. The van der Waals surface area contributed by atoms with Crippen LogP contribution in [0.3, 0.4) is 0 Å². The Morgan fingerprint density at radius 1 is 1.06 bits per heavy atom. The van der Waals surface area contributed by atoms with Gasteiger partial charge in [0.15, 0.2) is 0 Å². The highest BCUT2D eigenvalue weighted by molar-refractivity contribution is 5.31. The summed E-state index contributed by atoms with van der Waals surface area (Å²) < 4.78 is 0. The van der Waals surface area contributed by atoms with Gasteiger partial charge in [0.05, 0.1) is 0 Å². The molecule has 17 heavy (non-hydrogen) atoms. The highest BCUT2D eigenvalue weighted by Crippen LogP contribution is 2.39. The van der Waals surface area contributed by atoms with Gasteiger partial charge in [-0.3, -0.25) is 0 Å². The summed E-state index contributed by atoms with van der Waals surface area (Å²) in [6.45, 7) is 4.65. The summed E-state index contributed by atoms with van der Waals surface area (Å²) in [7, 11) is 0. The number of rotatable bonds is 4. The summed E-state index contributed by atoms with van der Waals surface area (Å²) in [4.78, 5) is 0. The van der Waals surface area contributed by atoms with Crippen molar-refractivity contribution < 1.29 is 0 Å². The maximum atomic E-state index is 2.38. The number of hydrogen-bond donors (Lipinski definition) is 0. The van der Waals surface area contributed by atoms with Gasteiger partial charge in [0.25, 0.3) is 0 Å². The molecule has 0 radical (unpaired) electrons. The monoisotopic (exact) mass is 230 g/mol. The third-order valence-electron chi connectivity index (χ3n) is 4.49. The molecule has 1 aliphatic rings. The van der Waals surface area contributed by atoms with E-state index in [2.05, 4.69) is 38.1 Å². The van der Waals surface area contributed by atoms with E-state index in [1.807, 2.05) is 0 Å². The first kappa shape index (κ1) is 12.7. The fourth-order valence-corrected chi connectivity index (χ4v) is 3.56. The maximum Gasteiger partial charge on any atom is -0.0134 e. The van der Waals surface area contributed by atoms with Crippen molar-refractivity contribution in [2.45, 2.75) is 64.7 Å². The van der Waals surface area contributed by atoms with Crippen LogP contribution in [0.1, 0.15) is 69.4 Å². The number of aryl methyl sites for hydroxylation is 1. The van der Waals surface area contributed by atoms with Crippen LogP contribution in [0.2, 0.25) is 0 Å². The Balaban J connectivity index is 2.21. The predicted molar refractivity (Wildman–Crippen MR) is 75.4 cm³/mol. The van der Waals surface area contributed by atoms with Crippen LogP contribution in [-0.2, 0) is 6.42 Å². The first-order valence-corrected chi connectivity index (χ1v) is 7.44. The molecule has 0 amide bonds. The Kier molecular flexibility index (Phi) is 4.65. The molecule has 0 aliphatic heterocycles. The highest BCUT2D eigenvalue weighted by atomic mass is 14.3. The lowest BCUT2D eigenvalue weighted by Gasteiger charge is -2.31. The largest absolute Gasteiger partial charge is 0.0648 e. The molecule has 1 unspecified atom stereocenters. The van der Waals surface area contributed by atoms with Gasteiger partial charge < -0.3 is 0 Å². The third-order valence-corrected chi connectivity index (χ3v) is 4.49. The summed E-state index contributed by atoms with van der Waals surface area (Å²) in [5.74, 6) is 1.76. The van der Waals surface area contributed by atoms with Crippen LogP contribution in [0.4, 0.5) is 0 Å². The smallest absolute Gasteiger partial charge is 0.0134 e. The molecule has 1 saturated carbocycles. The molecule has 1 fully saturated rings. The van der Waals surface area contributed by atoms with Crippen molar-refractivity contribution in [2.24, 2.45) is 5.92 Å². The van der Waals surface area contributed by atoms with Crippen molar-refractivity contribution in [3.63, 3.8) is 0 Å². The minimum Gasteiger partial charge on any atom is -0.0648 e. The Bertz CT molecular complexity index is 334. The third kappa shape index (κ3) is 2.91. The van der Waals surface area contributed by atoms with Gasteiger partial charge in [-0.15, -0.1) is 0 Å². The Hall–Kier alpha value is -0.780. The molecule has 0 nitrogen and oxygen atoms in total. The number of benzene rings is 1. The quantitative estimate of drug-likeness (QED) is 0.656. The molecule has 0 saturated heterocycles. The summed E-state index contributed by atoms with van der Waals surface area (Å²) >= 11 is 0. The average molecular weight is 230 g/mol. The van der Waals surface area contributed by atoms with E-state index in [1.165, 1.54) is 44.9 Å². The van der Waals surface area contributed by atoms with E-state index in [4.69, 9.17) is 0 Å². The molecule has 0 aromatic heterocycles. The molecule has 1 aromatic carbocycles. The summed E-state index contributed by atoms with van der Waals surface area (Å²) in [5.41, 5.74) is 3.22. The van der Waals surface area contributed by atoms with Crippen LogP contribution in [-0.4, -0.2) is 0 Å². The second-order valence-corrected chi connectivity index (χ2v) is 5.47. The molecule has 94 valence electrons. The molecule has 1 aromatic rings. The van der Waals surface area contributed by atoms with E-state index in [-0.39, 0.29) is 0 Å². The van der Waals surface area contributed by atoms with Gasteiger partial charge in [-0.25, -0.2) is 0 Å². The summed E-state index contributed by atoms with van der Waals surface area (Å²) in [6.07, 6.45) is 9.77. The maximum absolute atomic E-state index is 2.38. The Morgan fingerprint density at radius 2 is 1.76 bits per heavy atom. The van der Waals surface area contributed by atoms with Crippen molar-refractivity contribution >= 4 is 0 Å². The minimum atomic E-state index is 0.812. The standard InChI is InChI=1S/C17H26/c1-3-14-10-8-9-13-17(14)16(4-2)15-11-6-5-7-12-15/h8-10,13,15-16H,3-7,11-12H2,1-2H3. The van der Waals surface area contributed by atoms with Crippen LogP contribution >= 0.6 is 0 Å². The molecule has 0 heterocycles. The van der Waals surface area contributed by atoms with Gasteiger partial charge >= 0.3 is 0 Å². The molecule has 0 N–H and O–H groups in total. The fourth-order valence-electron chi connectivity index (χ4n) is 3.56. The zero-order valence-corrected chi connectivity index (χ0v) is 11.4. The highest BCUT2D eigenvalue weighted by Gasteiger charge is 2.24. The Morgan fingerprint density at radius 3 is 2.41 bits per heavy atom. The second-order valence-electron chi connectivity index (χ2n) is 5.47. The molecule has 1 atom stereocenters. The van der Waals surface area contributed by atoms with Gasteiger partial charge in [0.2, 0.25) is 0 Å². The van der Waals surface area contributed by atoms with Crippen molar-refractivity contribution in [2.75, 3.05) is 0 Å². The molecular formula is C17H26. The molecular weight excluding hydrogens is 204 g/mol. The van der Waals surface area contributed by atoms with Gasteiger partial charge in [0.1, 0.15) is 0 Å². The fraction of sp³-hybridized carbons (Fsp3) is 0.647. The first-order valence-electron chi connectivity index (χ1n) is 7.44. The lowest BCUT2D eigenvalue weighted by atomic mass is 9.74. The van der Waals surface area contributed by atoms with Crippen LogP contribution in [0.25, 0.3) is 0 Å². The van der Waals surface area contributed by atoms with Gasteiger partial charge in [0, 0.05) is 0 Å². The SMILES string of the molecule is CCc1ccccc1C(CC)C1CCCCC1. The molecule has 0 heteroatoms. The summed E-state index contributed by atoms with van der Waals surface area (Å²) in [5, 5.41) is 0. The Labute approximate surface area is 106 Å². The second kappa shape index (κ2) is 6.23. The van der Waals surface area contributed by atoms with Crippen molar-refractivity contribution in [1.82, 2.24) is 0 Å². The lowest BCUT2D eigenvalue weighted by Crippen LogP contribution is -2.17. The van der Waals surface area contributed by atoms with E-state index in [1.54, 1.807) is 11.1 Å². The zero-order chi connectivity index (χ0) is 12.1. The van der Waals surface area contributed by atoms with Gasteiger partial charge in [-0.1, -0.05) is 57.4 Å². The van der Waals surface area contributed by atoms with Crippen molar-refractivity contribution in [3.8, 4) is 0 Å². The zero-order valence-electron chi connectivity index (χ0n) is 11.4. The van der Waals surface area contributed by atoms with Gasteiger partial charge in [-0.2, -0.15) is 0 Å². The molecule has 0 spiro atoms. The van der Waals surface area contributed by atoms with E-state index in [0.29, 0.717) is 0 Å². The van der Waals surface area contributed by atoms with E-state index in [0.717, 1.165) is 11.8 Å². The van der Waals surface area contributed by atoms with Crippen LogP contribution < -0.4 is 0 Å². The molecule has 2 rings (SSSR count).